The van der Waals surface area contributed by atoms with Crippen LogP contribution in [0.3, 0.4) is 0 Å². The second kappa shape index (κ2) is 7.46. The Kier molecular flexibility index (Phi) is 5.62. The molecule has 0 radical (unpaired) electrons. The summed E-state index contributed by atoms with van der Waals surface area (Å²) in [6.45, 7) is 0. The second-order valence-electron chi connectivity index (χ2n) is 4.11. The molecule has 114 valence electrons. The predicted octanol–water partition coefficient (Wildman–Crippen LogP) is 0.200. The fraction of sp³-hybridized carbons (Fsp3) is 0. The zero-order valence-corrected chi connectivity index (χ0v) is 12.8. The molecule has 0 spiro atoms. The molecule has 7 heteroatoms. The first-order chi connectivity index (χ1) is 10.4. The van der Waals surface area contributed by atoms with E-state index in [1.165, 1.54) is 5.56 Å². The molecular weight excluding hydrogens is 328 g/mol. The van der Waals surface area contributed by atoms with E-state index in [0.717, 1.165) is 16.2 Å². The van der Waals surface area contributed by atoms with Crippen LogP contribution in [0.4, 0.5) is 0 Å². The van der Waals surface area contributed by atoms with Crippen LogP contribution in [0, 0.1) is 10.2 Å². The van der Waals surface area contributed by atoms with Crippen LogP contribution in [0.5, 0.6) is 0 Å². The Labute approximate surface area is 133 Å². The van der Waals surface area contributed by atoms with Crippen LogP contribution in [0.15, 0.2) is 70.7 Å². The highest BCUT2D eigenvalue weighted by molar-refractivity contribution is 7.13. The number of thiophene rings is 1. The number of halogens is 1. The van der Waals surface area contributed by atoms with Gasteiger partial charge in [0.2, 0.25) is 0 Å². The highest BCUT2D eigenvalue weighted by Gasteiger charge is 2.12. The lowest BCUT2D eigenvalue weighted by atomic mass is 10.1. The summed E-state index contributed by atoms with van der Waals surface area (Å²) < 4.78 is 39.6. The molecule has 0 atom stereocenters. The van der Waals surface area contributed by atoms with E-state index in [0.29, 0.717) is 0 Å². The second-order valence-corrected chi connectivity index (χ2v) is 5.81. The Morgan fingerprint density at radius 1 is 0.773 bits per heavy atom. The Hall–Kier alpha value is -1.80. The van der Waals surface area contributed by atoms with Crippen molar-refractivity contribution < 1.29 is 33.3 Å². The number of hydrogen-bond acceptors (Lipinski definition) is 5. The molecule has 0 aliphatic carbocycles. The van der Waals surface area contributed by atoms with E-state index >= 15 is 0 Å². The van der Waals surface area contributed by atoms with Gasteiger partial charge in [-0.25, -0.2) is 23.1 Å². The van der Waals surface area contributed by atoms with Crippen LogP contribution in [0.1, 0.15) is 0 Å². The quantitative estimate of drug-likeness (QED) is 0.621. The van der Waals surface area contributed by atoms with Gasteiger partial charge < -0.3 is 0 Å². The summed E-state index contributed by atoms with van der Waals surface area (Å²) in [6, 6.07) is 18.4. The van der Waals surface area contributed by atoms with Gasteiger partial charge in [-0.15, -0.1) is 21.6 Å². The normalized spacial score (nSPS) is 10.7. The summed E-state index contributed by atoms with van der Waals surface area (Å²) >= 11 is 1.68. The average molecular weight is 339 g/mol. The molecule has 22 heavy (non-hydrogen) atoms. The fourth-order valence-corrected chi connectivity index (χ4v) is 2.42. The van der Waals surface area contributed by atoms with Gasteiger partial charge in [-0.3, -0.25) is 0 Å². The highest BCUT2D eigenvalue weighted by Crippen LogP contribution is 2.27. The minimum atomic E-state index is -4.94. The van der Waals surface area contributed by atoms with Crippen molar-refractivity contribution in [1.82, 2.24) is 0 Å². The monoisotopic (exact) mass is 338 g/mol. The molecule has 3 rings (SSSR count). The first kappa shape index (κ1) is 16.6. The summed E-state index contributed by atoms with van der Waals surface area (Å²) in [7, 11) is -4.94. The van der Waals surface area contributed by atoms with Crippen LogP contribution in [0.2, 0.25) is 0 Å². The Balaban J connectivity index is 0.000000309. The molecule has 2 aromatic heterocycles. The third kappa shape index (κ3) is 5.53. The highest BCUT2D eigenvalue weighted by atomic mass is 35.7. The largest absolute Gasteiger partial charge is 0.369 e. The topological polar surface area (TPSA) is 104 Å². The fourth-order valence-electron chi connectivity index (χ4n) is 1.72. The van der Waals surface area contributed by atoms with Gasteiger partial charge in [0.05, 0.1) is 5.56 Å². The molecule has 0 saturated heterocycles. The lowest BCUT2D eigenvalue weighted by Gasteiger charge is -2.17. The molecule has 0 unspecified atom stereocenters. The van der Waals surface area contributed by atoms with Gasteiger partial charge in [-0.05, 0) is 23.1 Å². The van der Waals surface area contributed by atoms with Crippen molar-refractivity contribution in [2.24, 2.45) is 0 Å². The molecule has 5 nitrogen and oxygen atoms in total. The third-order valence-electron chi connectivity index (χ3n) is 2.60. The maximum absolute atomic E-state index is 8.49. The van der Waals surface area contributed by atoms with Crippen molar-refractivity contribution >= 4 is 11.3 Å². The van der Waals surface area contributed by atoms with Gasteiger partial charge in [0, 0.05) is 6.07 Å². The van der Waals surface area contributed by atoms with E-state index in [2.05, 4.69) is 29.6 Å². The molecule has 0 aliphatic heterocycles. The summed E-state index contributed by atoms with van der Waals surface area (Å²) in [5.74, 6) is 0.916. The van der Waals surface area contributed by atoms with E-state index in [-0.39, 0.29) is 0 Å². The van der Waals surface area contributed by atoms with Crippen molar-refractivity contribution in [3.63, 3.8) is 0 Å². The van der Waals surface area contributed by atoms with E-state index in [9.17, 15) is 0 Å². The predicted molar refractivity (Wildman–Crippen MR) is 71.9 cm³/mol. The van der Waals surface area contributed by atoms with Crippen LogP contribution >= 0.6 is 11.3 Å². The van der Waals surface area contributed by atoms with Gasteiger partial charge in [0.1, 0.15) is 4.88 Å². The Bertz CT molecular complexity index is 672. The average Bonchev–Trinajstić information content (AvgIpc) is 3.01. The van der Waals surface area contributed by atoms with Gasteiger partial charge in [0.25, 0.3) is 0 Å². The first-order valence-electron chi connectivity index (χ1n) is 6.06. The smallest absolute Gasteiger partial charge is 0.222 e. The molecule has 3 aromatic rings. The van der Waals surface area contributed by atoms with Gasteiger partial charge in [-0.1, -0.05) is 36.4 Å². The van der Waals surface area contributed by atoms with Gasteiger partial charge in [0.15, 0.2) is 0 Å². The SMILES string of the molecule is [O-][Cl+3]([O-])([O-])[O-].c1ccc(-c2ccc(-c3cccs3)[o+]c2)cc1. The molecule has 0 bridgehead atoms. The standard InChI is InChI=1S/C15H11OS.ClHO4/c1-2-5-12(6-3-1)13-8-9-14(16-11-13)15-7-4-10-17-15;2-1(3,4)5/h1-11H;(H,2,3,4,5)/q+1;/p-1. The van der Waals surface area contributed by atoms with E-state index < -0.39 is 10.2 Å². The van der Waals surface area contributed by atoms with Crippen LogP contribution < -0.4 is 18.6 Å². The lowest BCUT2D eigenvalue weighted by molar-refractivity contribution is -2.00. The number of rotatable bonds is 2. The minimum Gasteiger partial charge on any atom is -0.222 e. The van der Waals surface area contributed by atoms with E-state index in [1.807, 2.05) is 36.6 Å². The molecule has 0 amide bonds. The molecule has 0 aliphatic rings. The van der Waals surface area contributed by atoms with Crippen molar-refractivity contribution in [3.8, 4) is 21.8 Å². The Morgan fingerprint density at radius 3 is 1.95 bits per heavy atom. The molecular formula is C15H11ClO5S. The number of hydrogen-bond donors (Lipinski definition) is 0. The van der Waals surface area contributed by atoms with Crippen LogP contribution in [-0.4, -0.2) is 0 Å². The first-order valence-corrected chi connectivity index (χ1v) is 8.18. The maximum atomic E-state index is 8.49. The summed E-state index contributed by atoms with van der Waals surface area (Å²) in [4.78, 5) is 1.16. The van der Waals surface area contributed by atoms with E-state index in [1.54, 1.807) is 11.3 Å². The molecule has 0 N–H and O–H groups in total. The van der Waals surface area contributed by atoms with Crippen LogP contribution in [-0.2, 0) is 0 Å². The minimum absolute atomic E-state index is 0.916. The summed E-state index contributed by atoms with van der Waals surface area (Å²) in [5.41, 5.74) is 2.28. The van der Waals surface area contributed by atoms with E-state index in [4.69, 9.17) is 23.1 Å². The maximum Gasteiger partial charge on any atom is 0.369 e. The lowest BCUT2D eigenvalue weighted by Crippen LogP contribution is -2.68. The molecule has 0 fully saturated rings. The molecule has 2 heterocycles. The number of benzene rings is 1. The Morgan fingerprint density at radius 2 is 1.45 bits per heavy atom. The van der Waals surface area contributed by atoms with Crippen molar-refractivity contribution in [2.45, 2.75) is 0 Å². The molecule has 1 aromatic carbocycles. The van der Waals surface area contributed by atoms with Crippen molar-refractivity contribution in [2.75, 3.05) is 0 Å². The zero-order valence-electron chi connectivity index (χ0n) is 11.2. The summed E-state index contributed by atoms with van der Waals surface area (Å²) in [5, 5.41) is 2.05. The van der Waals surface area contributed by atoms with Gasteiger partial charge in [-0.2, -0.15) is 0 Å². The zero-order chi connectivity index (χ0) is 16.0. The van der Waals surface area contributed by atoms with Crippen molar-refractivity contribution in [3.05, 3.63) is 66.2 Å². The summed E-state index contributed by atoms with van der Waals surface area (Å²) in [6.07, 6.45) is 1.81. The van der Waals surface area contributed by atoms with Crippen molar-refractivity contribution in [1.29, 1.82) is 0 Å². The third-order valence-corrected chi connectivity index (χ3v) is 3.48. The molecule has 0 saturated carbocycles. The van der Waals surface area contributed by atoms with Crippen LogP contribution in [0.25, 0.3) is 21.8 Å². The van der Waals surface area contributed by atoms with Gasteiger partial charge >= 0.3 is 12.0 Å².